The van der Waals surface area contributed by atoms with Gasteiger partial charge in [-0.15, -0.1) is 0 Å². The van der Waals surface area contributed by atoms with E-state index >= 15 is 0 Å². The van der Waals surface area contributed by atoms with E-state index in [2.05, 4.69) is 22.8 Å². The second kappa shape index (κ2) is 10.6. The molecule has 0 fully saturated rings. The molecular formula is C27H25ClN2O5. The zero-order valence-corrected chi connectivity index (χ0v) is 19.8. The van der Waals surface area contributed by atoms with Crippen LogP contribution in [0.3, 0.4) is 0 Å². The summed E-state index contributed by atoms with van der Waals surface area (Å²) in [7, 11) is 0. The zero-order chi connectivity index (χ0) is 24.9. The Balaban J connectivity index is 1.32. The van der Waals surface area contributed by atoms with E-state index in [-0.39, 0.29) is 35.6 Å². The summed E-state index contributed by atoms with van der Waals surface area (Å²) in [6, 6.07) is 20.4. The summed E-state index contributed by atoms with van der Waals surface area (Å²) in [6.07, 6.45) is -0.108. The highest BCUT2D eigenvalue weighted by Gasteiger charge is 2.29. The van der Waals surface area contributed by atoms with E-state index in [1.165, 1.54) is 18.2 Å². The number of amides is 2. The average molecular weight is 493 g/mol. The van der Waals surface area contributed by atoms with Crippen molar-refractivity contribution in [1.82, 2.24) is 5.32 Å². The maximum absolute atomic E-state index is 12.7. The Morgan fingerprint density at radius 3 is 2.20 bits per heavy atom. The van der Waals surface area contributed by atoms with Crippen LogP contribution in [0, 0.1) is 5.92 Å². The molecule has 0 aliphatic heterocycles. The van der Waals surface area contributed by atoms with Crippen LogP contribution in [0.5, 0.6) is 0 Å². The van der Waals surface area contributed by atoms with Gasteiger partial charge in [0.25, 0.3) is 0 Å². The number of carbonyl (C=O) groups excluding carboxylic acids is 2. The molecule has 1 atom stereocenters. The van der Waals surface area contributed by atoms with Crippen LogP contribution in [0.1, 0.15) is 40.7 Å². The summed E-state index contributed by atoms with van der Waals surface area (Å²) in [5, 5.41) is 14.5. The minimum absolute atomic E-state index is 0.0279. The monoisotopic (exact) mass is 492 g/mol. The van der Waals surface area contributed by atoms with Crippen LogP contribution in [0.25, 0.3) is 11.1 Å². The van der Waals surface area contributed by atoms with Crippen molar-refractivity contribution < 1.29 is 24.2 Å². The molecule has 7 nitrogen and oxygen atoms in total. The van der Waals surface area contributed by atoms with Crippen molar-refractivity contribution in [2.75, 3.05) is 18.5 Å². The van der Waals surface area contributed by atoms with Gasteiger partial charge in [0, 0.05) is 18.2 Å². The first kappa shape index (κ1) is 24.3. The van der Waals surface area contributed by atoms with Gasteiger partial charge in [-0.3, -0.25) is 4.79 Å². The highest BCUT2D eigenvalue weighted by Crippen LogP contribution is 2.44. The third-order valence-electron chi connectivity index (χ3n) is 6.17. The Hall–Kier alpha value is -3.84. The number of hydrogen-bond donors (Lipinski definition) is 3. The Kier molecular flexibility index (Phi) is 7.36. The number of rotatable bonds is 8. The first-order chi connectivity index (χ1) is 16.9. The predicted molar refractivity (Wildman–Crippen MR) is 134 cm³/mol. The highest BCUT2D eigenvalue weighted by atomic mass is 35.5. The minimum Gasteiger partial charge on any atom is -0.478 e. The zero-order valence-electron chi connectivity index (χ0n) is 19.1. The predicted octanol–water partition coefficient (Wildman–Crippen LogP) is 5.54. The smallest absolute Gasteiger partial charge is 0.407 e. The number of ether oxygens (including phenoxy) is 1. The molecule has 180 valence electrons. The summed E-state index contributed by atoms with van der Waals surface area (Å²) in [5.74, 6) is -2.01. The Morgan fingerprint density at radius 2 is 1.63 bits per heavy atom. The molecule has 0 heterocycles. The van der Waals surface area contributed by atoms with Gasteiger partial charge < -0.3 is 20.5 Å². The lowest BCUT2D eigenvalue weighted by Crippen LogP contribution is -2.36. The molecule has 1 aliphatic carbocycles. The van der Waals surface area contributed by atoms with Gasteiger partial charge in [0.2, 0.25) is 5.91 Å². The lowest BCUT2D eigenvalue weighted by molar-refractivity contribution is -0.119. The first-order valence-corrected chi connectivity index (χ1v) is 11.7. The van der Waals surface area contributed by atoms with Crippen LogP contribution >= 0.6 is 11.6 Å². The topological polar surface area (TPSA) is 105 Å². The second-order valence-corrected chi connectivity index (χ2v) is 8.71. The van der Waals surface area contributed by atoms with Crippen LogP contribution in [0.2, 0.25) is 5.02 Å². The summed E-state index contributed by atoms with van der Waals surface area (Å²) in [5.41, 5.74) is 4.88. The van der Waals surface area contributed by atoms with Gasteiger partial charge >= 0.3 is 12.1 Å². The van der Waals surface area contributed by atoms with Gasteiger partial charge in [-0.25, -0.2) is 9.59 Å². The molecule has 3 aromatic rings. The van der Waals surface area contributed by atoms with Crippen molar-refractivity contribution in [3.8, 4) is 11.1 Å². The van der Waals surface area contributed by atoms with Gasteiger partial charge in [0.15, 0.2) is 0 Å². The van der Waals surface area contributed by atoms with E-state index in [4.69, 9.17) is 21.4 Å². The largest absolute Gasteiger partial charge is 0.478 e. The summed E-state index contributed by atoms with van der Waals surface area (Å²) >= 11 is 5.97. The summed E-state index contributed by atoms with van der Waals surface area (Å²) < 4.78 is 5.53. The van der Waals surface area contributed by atoms with Gasteiger partial charge in [0.05, 0.1) is 16.5 Å². The Morgan fingerprint density at radius 1 is 1.00 bits per heavy atom. The van der Waals surface area contributed by atoms with Gasteiger partial charge in [-0.2, -0.15) is 0 Å². The highest BCUT2D eigenvalue weighted by molar-refractivity contribution is 6.33. The molecule has 8 heteroatoms. The number of carboxylic acids is 1. The number of halogens is 1. The number of fused-ring (bicyclic) bond motifs is 3. The molecule has 0 radical (unpaired) electrons. The molecule has 1 unspecified atom stereocenters. The van der Waals surface area contributed by atoms with Crippen LogP contribution in [0.15, 0.2) is 66.7 Å². The Bertz CT molecular complexity index is 1230. The summed E-state index contributed by atoms with van der Waals surface area (Å²) in [6.45, 7) is 2.13. The standard InChI is InChI=1S/C27H25ClN2O5/c1-2-16(25(31)30-17-11-12-22(26(32)33)24(28)13-17)14-29-27(34)35-15-23-20-9-5-3-7-18(20)19-8-4-6-10-21(19)23/h3-13,16,23H,2,14-15H2,1H3,(H,29,34)(H,30,31)(H,32,33). The van der Waals surface area contributed by atoms with Crippen molar-refractivity contribution in [3.63, 3.8) is 0 Å². The lowest BCUT2D eigenvalue weighted by atomic mass is 9.98. The molecule has 0 saturated heterocycles. The van der Waals surface area contributed by atoms with E-state index in [1.807, 2.05) is 43.3 Å². The number of nitrogens with one attached hydrogen (secondary N) is 2. The van der Waals surface area contributed by atoms with Crippen molar-refractivity contribution in [2.24, 2.45) is 5.92 Å². The quantitative estimate of drug-likeness (QED) is 0.383. The molecule has 0 saturated carbocycles. The number of anilines is 1. The van der Waals surface area contributed by atoms with E-state index in [1.54, 1.807) is 0 Å². The molecule has 0 spiro atoms. The number of aromatic carboxylic acids is 1. The van der Waals surface area contributed by atoms with Crippen molar-refractivity contribution in [1.29, 1.82) is 0 Å². The SMILES string of the molecule is CCC(CNC(=O)OCC1c2ccccc2-c2ccccc21)C(=O)Nc1ccc(C(=O)O)c(Cl)c1. The van der Waals surface area contributed by atoms with Gasteiger partial charge in [-0.05, 0) is 46.9 Å². The fourth-order valence-electron chi connectivity index (χ4n) is 4.29. The van der Waals surface area contributed by atoms with Gasteiger partial charge in [0.1, 0.15) is 6.61 Å². The molecular weight excluding hydrogens is 468 g/mol. The molecule has 3 aromatic carbocycles. The van der Waals surface area contributed by atoms with Crippen LogP contribution in [-0.2, 0) is 9.53 Å². The van der Waals surface area contributed by atoms with E-state index in [0.29, 0.717) is 12.1 Å². The molecule has 3 N–H and O–H groups in total. The number of alkyl carbamates (subject to hydrolysis) is 1. The number of hydrogen-bond acceptors (Lipinski definition) is 4. The van der Waals surface area contributed by atoms with Crippen molar-refractivity contribution in [3.05, 3.63) is 88.4 Å². The molecule has 4 rings (SSSR count). The minimum atomic E-state index is -1.15. The van der Waals surface area contributed by atoms with Crippen LogP contribution in [-0.4, -0.2) is 36.2 Å². The van der Waals surface area contributed by atoms with Crippen molar-refractivity contribution in [2.45, 2.75) is 19.3 Å². The normalized spacial score (nSPS) is 12.9. The third kappa shape index (κ3) is 5.30. The first-order valence-electron chi connectivity index (χ1n) is 11.3. The van der Waals surface area contributed by atoms with Crippen LogP contribution < -0.4 is 10.6 Å². The molecule has 1 aliphatic rings. The van der Waals surface area contributed by atoms with E-state index in [9.17, 15) is 14.4 Å². The second-order valence-electron chi connectivity index (χ2n) is 8.30. The molecule has 0 aromatic heterocycles. The van der Waals surface area contributed by atoms with Gasteiger partial charge in [-0.1, -0.05) is 67.1 Å². The van der Waals surface area contributed by atoms with E-state index in [0.717, 1.165) is 22.3 Å². The molecule has 0 bridgehead atoms. The average Bonchev–Trinajstić information content (AvgIpc) is 3.16. The molecule has 2 amide bonds. The Labute approximate surface area is 208 Å². The number of benzene rings is 3. The maximum Gasteiger partial charge on any atom is 0.407 e. The van der Waals surface area contributed by atoms with Crippen LogP contribution in [0.4, 0.5) is 10.5 Å². The van der Waals surface area contributed by atoms with Crippen molar-refractivity contribution >= 4 is 35.3 Å². The fourth-order valence-corrected chi connectivity index (χ4v) is 4.55. The lowest BCUT2D eigenvalue weighted by Gasteiger charge is -2.18. The number of carbonyl (C=O) groups is 3. The van der Waals surface area contributed by atoms with E-state index < -0.39 is 18.0 Å². The fraction of sp³-hybridized carbons (Fsp3) is 0.222. The maximum atomic E-state index is 12.7. The molecule has 35 heavy (non-hydrogen) atoms. The number of carboxylic acid groups (broad SMARTS) is 1. The summed E-state index contributed by atoms with van der Waals surface area (Å²) in [4.78, 5) is 36.2. The third-order valence-corrected chi connectivity index (χ3v) is 6.48.